The number of ether oxygens (including phenoxy) is 2. The molecule has 204 valence electrons. The summed E-state index contributed by atoms with van der Waals surface area (Å²) in [5.41, 5.74) is 1.10. The summed E-state index contributed by atoms with van der Waals surface area (Å²) < 4.78 is 63.9. The van der Waals surface area contributed by atoms with E-state index >= 15 is 0 Å². The van der Waals surface area contributed by atoms with Crippen LogP contribution < -0.4 is 14.4 Å². The molecule has 37 heavy (non-hydrogen) atoms. The fourth-order valence-corrected chi connectivity index (χ4v) is 6.67. The molecule has 10 nitrogen and oxygen atoms in total. The van der Waals surface area contributed by atoms with Gasteiger partial charge in [-0.1, -0.05) is 24.6 Å². The van der Waals surface area contributed by atoms with Crippen molar-refractivity contribution in [2.24, 2.45) is 0 Å². The van der Waals surface area contributed by atoms with Gasteiger partial charge in [0.1, 0.15) is 18.4 Å². The van der Waals surface area contributed by atoms with Gasteiger partial charge in [0.15, 0.2) is 0 Å². The summed E-state index contributed by atoms with van der Waals surface area (Å²) in [7, 11) is -7.38. The van der Waals surface area contributed by atoms with Gasteiger partial charge in [0.25, 0.3) is 0 Å². The molecule has 2 aromatic rings. The number of carbonyl (C=O) groups excluding carboxylic acids is 1. The lowest BCUT2D eigenvalue weighted by atomic mass is 10.1. The Morgan fingerprint density at radius 2 is 1.78 bits per heavy atom. The number of halogens is 1. The Balaban J connectivity index is 1.59. The number of rotatable bonds is 11. The molecule has 1 aliphatic rings. The van der Waals surface area contributed by atoms with Gasteiger partial charge in [-0.05, 0) is 55.3 Å². The number of anilines is 1. The van der Waals surface area contributed by atoms with Crippen molar-refractivity contribution in [1.82, 2.24) is 9.62 Å². The SMILES string of the molecule is CC[C@@H](C(=O)NCCOc1ccc(S(=O)(=O)N2CCOCC2)cc1)N(c1ccc(C)c(Cl)c1)S(C)(=O)=O. The minimum absolute atomic E-state index is 0.104. The van der Waals surface area contributed by atoms with E-state index in [1.54, 1.807) is 38.1 Å². The van der Waals surface area contributed by atoms with Crippen LogP contribution in [0.2, 0.25) is 5.02 Å². The Labute approximate surface area is 223 Å². The molecule has 1 saturated heterocycles. The van der Waals surface area contributed by atoms with Gasteiger partial charge in [0, 0.05) is 18.1 Å². The molecular formula is C24H32ClN3O7S2. The van der Waals surface area contributed by atoms with E-state index < -0.39 is 32.0 Å². The molecule has 0 spiro atoms. The maximum absolute atomic E-state index is 12.9. The summed E-state index contributed by atoms with van der Waals surface area (Å²) in [6.07, 6.45) is 1.28. The lowest BCUT2D eigenvalue weighted by molar-refractivity contribution is -0.122. The third-order valence-corrected chi connectivity index (χ3v) is 9.34. The predicted molar refractivity (Wildman–Crippen MR) is 142 cm³/mol. The van der Waals surface area contributed by atoms with Gasteiger partial charge >= 0.3 is 0 Å². The number of sulfonamides is 2. The summed E-state index contributed by atoms with van der Waals surface area (Å²) in [6.45, 7) is 5.11. The van der Waals surface area contributed by atoms with Crippen molar-refractivity contribution < 1.29 is 31.1 Å². The highest BCUT2D eigenvalue weighted by Gasteiger charge is 2.31. The maximum atomic E-state index is 12.9. The Bertz CT molecular complexity index is 1300. The standard InChI is InChI=1S/C24H32ClN3O7S2/c1-4-23(28(36(3,30)31)19-6-5-18(2)22(25)17-19)24(29)26-11-14-35-20-7-9-21(10-8-20)37(32,33)27-12-15-34-16-13-27/h5-10,17,23H,4,11-16H2,1-3H3,(H,26,29)/t23-/m0/s1. The molecule has 1 atom stereocenters. The highest BCUT2D eigenvalue weighted by atomic mass is 35.5. The lowest BCUT2D eigenvalue weighted by Crippen LogP contribution is -2.50. The number of nitrogens with one attached hydrogen (secondary N) is 1. The Morgan fingerprint density at radius 3 is 2.35 bits per heavy atom. The highest BCUT2D eigenvalue weighted by Crippen LogP contribution is 2.27. The number of morpholine rings is 1. The molecule has 3 rings (SSSR count). The number of amides is 1. The molecule has 0 saturated carbocycles. The van der Waals surface area contributed by atoms with E-state index in [-0.39, 0.29) is 24.5 Å². The second kappa shape index (κ2) is 12.4. The molecule has 2 aromatic carbocycles. The first-order valence-electron chi connectivity index (χ1n) is 11.8. The second-order valence-electron chi connectivity index (χ2n) is 8.54. The normalized spacial score (nSPS) is 15.7. The van der Waals surface area contributed by atoms with Crippen LogP contribution in [0.3, 0.4) is 0 Å². The monoisotopic (exact) mass is 573 g/mol. The van der Waals surface area contributed by atoms with Crippen molar-refractivity contribution in [2.45, 2.75) is 31.2 Å². The average Bonchev–Trinajstić information content (AvgIpc) is 2.87. The van der Waals surface area contributed by atoms with Gasteiger partial charge in [0.05, 0.1) is 36.6 Å². The summed E-state index contributed by atoms with van der Waals surface area (Å²) in [5.74, 6) is -0.0329. The first-order chi connectivity index (χ1) is 17.4. The van der Waals surface area contributed by atoms with E-state index in [0.29, 0.717) is 42.8 Å². The van der Waals surface area contributed by atoms with Crippen molar-refractivity contribution in [2.75, 3.05) is 50.0 Å². The van der Waals surface area contributed by atoms with Crippen LogP contribution in [0, 0.1) is 6.92 Å². The molecule has 0 aliphatic carbocycles. The number of nitrogens with zero attached hydrogens (tertiary/aromatic N) is 2. The minimum Gasteiger partial charge on any atom is -0.492 e. The zero-order chi connectivity index (χ0) is 27.2. The van der Waals surface area contributed by atoms with Crippen molar-refractivity contribution in [1.29, 1.82) is 0 Å². The van der Waals surface area contributed by atoms with Gasteiger partial charge in [-0.3, -0.25) is 9.10 Å². The number of benzene rings is 2. The molecule has 0 unspecified atom stereocenters. The quantitative estimate of drug-likeness (QED) is 0.410. The van der Waals surface area contributed by atoms with Crippen molar-refractivity contribution in [3.8, 4) is 5.75 Å². The molecule has 1 heterocycles. The van der Waals surface area contributed by atoms with Crippen molar-refractivity contribution in [3.05, 3.63) is 53.1 Å². The van der Waals surface area contributed by atoms with E-state index in [9.17, 15) is 21.6 Å². The van der Waals surface area contributed by atoms with Crippen LogP contribution >= 0.6 is 11.6 Å². The summed E-state index contributed by atoms with van der Waals surface area (Å²) in [6, 6.07) is 9.92. The number of carbonyl (C=O) groups is 1. The van der Waals surface area contributed by atoms with E-state index in [0.717, 1.165) is 16.1 Å². The van der Waals surface area contributed by atoms with E-state index in [1.807, 2.05) is 0 Å². The molecule has 1 amide bonds. The first-order valence-corrected chi connectivity index (χ1v) is 15.5. The molecule has 13 heteroatoms. The number of hydrogen-bond donors (Lipinski definition) is 1. The summed E-state index contributed by atoms with van der Waals surface area (Å²) in [4.78, 5) is 13.1. The first kappa shape index (κ1) is 29.2. The van der Waals surface area contributed by atoms with Crippen molar-refractivity contribution in [3.63, 3.8) is 0 Å². The molecule has 1 fully saturated rings. The molecule has 0 aromatic heterocycles. The van der Waals surface area contributed by atoms with Crippen LogP contribution in [0.5, 0.6) is 5.75 Å². The molecule has 0 radical (unpaired) electrons. The zero-order valence-electron chi connectivity index (χ0n) is 21.0. The van der Waals surface area contributed by atoms with Crippen LogP contribution in [-0.4, -0.2) is 78.8 Å². The number of aryl methyl sites for hydroxylation is 1. The summed E-state index contributed by atoms with van der Waals surface area (Å²) >= 11 is 6.19. The smallest absolute Gasteiger partial charge is 0.244 e. The Hall–Kier alpha value is -2.38. The average molecular weight is 574 g/mol. The van der Waals surface area contributed by atoms with Crippen molar-refractivity contribution >= 4 is 43.2 Å². The maximum Gasteiger partial charge on any atom is 0.244 e. The predicted octanol–water partition coefficient (Wildman–Crippen LogP) is 2.41. The lowest BCUT2D eigenvalue weighted by Gasteiger charge is -2.30. The third-order valence-electron chi connectivity index (χ3n) is 5.84. The topological polar surface area (TPSA) is 122 Å². The highest BCUT2D eigenvalue weighted by molar-refractivity contribution is 7.92. The van der Waals surface area contributed by atoms with Gasteiger partial charge in [-0.25, -0.2) is 16.8 Å². The van der Waals surface area contributed by atoms with Crippen LogP contribution in [-0.2, 0) is 29.6 Å². The molecular weight excluding hydrogens is 542 g/mol. The van der Waals surface area contributed by atoms with Gasteiger partial charge in [0.2, 0.25) is 26.0 Å². The van der Waals surface area contributed by atoms with Crippen LogP contribution in [0.1, 0.15) is 18.9 Å². The Kier molecular flexibility index (Phi) is 9.81. The van der Waals surface area contributed by atoms with Gasteiger partial charge in [-0.2, -0.15) is 4.31 Å². The van der Waals surface area contributed by atoms with Crippen LogP contribution in [0.15, 0.2) is 47.4 Å². The molecule has 1 N–H and O–H groups in total. The number of hydrogen-bond acceptors (Lipinski definition) is 7. The van der Waals surface area contributed by atoms with Crippen LogP contribution in [0.4, 0.5) is 5.69 Å². The van der Waals surface area contributed by atoms with Gasteiger partial charge in [-0.15, -0.1) is 0 Å². The molecule has 1 aliphatic heterocycles. The third kappa shape index (κ3) is 7.35. The van der Waals surface area contributed by atoms with E-state index in [4.69, 9.17) is 21.1 Å². The Morgan fingerprint density at radius 1 is 1.14 bits per heavy atom. The van der Waals surface area contributed by atoms with Gasteiger partial charge < -0.3 is 14.8 Å². The summed E-state index contributed by atoms with van der Waals surface area (Å²) in [5, 5.41) is 3.11. The van der Waals surface area contributed by atoms with Crippen LogP contribution in [0.25, 0.3) is 0 Å². The fraction of sp³-hybridized carbons (Fsp3) is 0.458. The van der Waals surface area contributed by atoms with E-state index in [2.05, 4.69) is 5.32 Å². The minimum atomic E-state index is -3.78. The second-order valence-corrected chi connectivity index (χ2v) is 12.7. The fourth-order valence-electron chi connectivity index (χ4n) is 3.88. The zero-order valence-corrected chi connectivity index (χ0v) is 23.4. The molecule has 0 bridgehead atoms. The largest absolute Gasteiger partial charge is 0.492 e. The van der Waals surface area contributed by atoms with E-state index in [1.165, 1.54) is 22.5 Å².